The molecule has 1 N–H and O–H groups in total. The molecule has 1 saturated heterocycles. The molecule has 0 aromatic carbocycles. The first-order chi connectivity index (χ1) is 8.27. The molecule has 0 spiro atoms. The number of furan rings is 1. The summed E-state index contributed by atoms with van der Waals surface area (Å²) in [6, 6.07) is 3.27. The van der Waals surface area contributed by atoms with Crippen LogP contribution in [0.1, 0.15) is 17.0 Å². The van der Waals surface area contributed by atoms with Gasteiger partial charge in [-0.15, -0.1) is 0 Å². The minimum Gasteiger partial charge on any atom is -0.459 e. The van der Waals surface area contributed by atoms with Gasteiger partial charge in [0, 0.05) is 13.1 Å². The second-order valence-corrected chi connectivity index (χ2v) is 3.69. The third-order valence-corrected chi connectivity index (χ3v) is 2.48. The van der Waals surface area contributed by atoms with Crippen molar-refractivity contribution in [1.82, 2.24) is 10.2 Å². The van der Waals surface area contributed by atoms with Crippen LogP contribution in [0.5, 0.6) is 0 Å². The van der Waals surface area contributed by atoms with Gasteiger partial charge in [-0.2, -0.15) is 0 Å². The number of carbonyl (C=O) groups is 2. The van der Waals surface area contributed by atoms with Crippen molar-refractivity contribution in [2.24, 2.45) is 0 Å². The number of nitrogens with zero attached hydrogens (tertiary/aromatic N) is 1. The molecule has 1 fully saturated rings. The molecule has 0 saturated carbocycles. The minimum atomic E-state index is -0.276. The molecule has 6 heteroatoms. The third kappa shape index (κ3) is 2.99. The molecule has 2 rings (SSSR count). The number of rotatable bonds is 5. The largest absolute Gasteiger partial charge is 0.459 e. The summed E-state index contributed by atoms with van der Waals surface area (Å²) < 4.78 is 9.73. The summed E-state index contributed by atoms with van der Waals surface area (Å²) in [5.41, 5.74) is 0. The second-order valence-electron chi connectivity index (χ2n) is 3.69. The van der Waals surface area contributed by atoms with Crippen LogP contribution in [0.3, 0.4) is 0 Å². The van der Waals surface area contributed by atoms with E-state index in [4.69, 9.17) is 9.15 Å². The Kier molecular flexibility index (Phi) is 3.64. The number of hydrogen-bond acceptors (Lipinski definition) is 4. The number of carbonyl (C=O) groups excluding carboxylic acids is 2. The van der Waals surface area contributed by atoms with Crippen LogP contribution in [0, 0.1) is 0 Å². The van der Waals surface area contributed by atoms with Crippen LogP contribution in [0.15, 0.2) is 22.8 Å². The van der Waals surface area contributed by atoms with E-state index in [2.05, 4.69) is 5.32 Å². The lowest BCUT2D eigenvalue weighted by molar-refractivity contribution is 0.0925. The van der Waals surface area contributed by atoms with Crippen molar-refractivity contribution in [2.45, 2.75) is 6.42 Å². The van der Waals surface area contributed by atoms with Crippen molar-refractivity contribution in [1.29, 1.82) is 0 Å². The van der Waals surface area contributed by atoms with E-state index < -0.39 is 0 Å². The topological polar surface area (TPSA) is 71.8 Å². The lowest BCUT2D eigenvalue weighted by Gasteiger charge is -2.11. The number of nitrogens with one attached hydrogen (secondary N) is 1. The van der Waals surface area contributed by atoms with E-state index in [1.165, 1.54) is 6.26 Å². The summed E-state index contributed by atoms with van der Waals surface area (Å²) in [4.78, 5) is 24.2. The monoisotopic (exact) mass is 238 g/mol. The van der Waals surface area contributed by atoms with Crippen molar-refractivity contribution >= 4 is 12.0 Å². The van der Waals surface area contributed by atoms with E-state index in [9.17, 15) is 9.59 Å². The van der Waals surface area contributed by atoms with Crippen molar-refractivity contribution < 1.29 is 18.7 Å². The first-order valence-corrected chi connectivity index (χ1v) is 5.51. The Balaban J connectivity index is 1.63. The van der Waals surface area contributed by atoms with E-state index in [0.29, 0.717) is 38.4 Å². The molecule has 2 heterocycles. The third-order valence-electron chi connectivity index (χ3n) is 2.48. The standard InChI is InChI=1S/C11H14N2O4/c14-10(9-3-1-7-16-9)12-4-2-5-13-6-8-17-11(13)15/h1,3,7H,2,4-6,8H2,(H,12,14). The molecule has 2 amide bonds. The summed E-state index contributed by atoms with van der Waals surface area (Å²) in [6.45, 7) is 2.18. The van der Waals surface area contributed by atoms with Gasteiger partial charge in [0.15, 0.2) is 5.76 Å². The highest BCUT2D eigenvalue weighted by atomic mass is 16.6. The predicted octanol–water partition coefficient (Wildman–Crippen LogP) is 0.852. The molecule has 0 aliphatic carbocycles. The highest BCUT2D eigenvalue weighted by Crippen LogP contribution is 2.03. The average molecular weight is 238 g/mol. The van der Waals surface area contributed by atoms with Crippen LogP contribution >= 0.6 is 0 Å². The van der Waals surface area contributed by atoms with Crippen molar-refractivity contribution in [3.8, 4) is 0 Å². The predicted molar refractivity (Wildman–Crippen MR) is 58.6 cm³/mol. The quantitative estimate of drug-likeness (QED) is 0.772. The van der Waals surface area contributed by atoms with Crippen molar-refractivity contribution in [3.05, 3.63) is 24.2 Å². The number of cyclic esters (lactones) is 1. The van der Waals surface area contributed by atoms with Crippen molar-refractivity contribution in [3.63, 3.8) is 0 Å². The second kappa shape index (κ2) is 5.38. The molecule has 1 aliphatic heterocycles. The normalized spacial score (nSPS) is 14.8. The maximum atomic E-state index is 11.5. The molecule has 92 valence electrons. The molecule has 1 aromatic rings. The molecule has 0 radical (unpaired) electrons. The van der Waals surface area contributed by atoms with Crippen molar-refractivity contribution in [2.75, 3.05) is 26.2 Å². The average Bonchev–Trinajstić information content (AvgIpc) is 2.96. The summed E-state index contributed by atoms with van der Waals surface area (Å²) in [5.74, 6) is 0.0598. The zero-order valence-electron chi connectivity index (χ0n) is 9.35. The Morgan fingerprint density at radius 1 is 1.53 bits per heavy atom. The summed E-state index contributed by atoms with van der Waals surface area (Å²) in [7, 11) is 0. The Labute approximate surface area is 98.5 Å². The molecular formula is C11H14N2O4. The maximum Gasteiger partial charge on any atom is 0.409 e. The minimum absolute atomic E-state index is 0.237. The van der Waals surface area contributed by atoms with E-state index in [-0.39, 0.29) is 12.0 Å². The fraction of sp³-hybridized carbons (Fsp3) is 0.455. The molecule has 0 bridgehead atoms. The summed E-state index contributed by atoms with van der Waals surface area (Å²) in [5, 5.41) is 2.71. The van der Waals surface area contributed by atoms with Crippen LogP contribution in [-0.4, -0.2) is 43.1 Å². The molecule has 0 atom stereocenters. The molecule has 0 unspecified atom stereocenters. The fourth-order valence-corrected chi connectivity index (χ4v) is 1.60. The van der Waals surface area contributed by atoms with Gasteiger partial charge in [-0.3, -0.25) is 4.79 Å². The van der Waals surface area contributed by atoms with E-state index in [0.717, 1.165) is 0 Å². The van der Waals surface area contributed by atoms with E-state index in [1.54, 1.807) is 17.0 Å². The van der Waals surface area contributed by atoms with Gasteiger partial charge in [0.25, 0.3) is 5.91 Å². The smallest absolute Gasteiger partial charge is 0.409 e. The number of hydrogen-bond donors (Lipinski definition) is 1. The Morgan fingerprint density at radius 2 is 2.41 bits per heavy atom. The Hall–Kier alpha value is -1.98. The molecule has 6 nitrogen and oxygen atoms in total. The summed E-state index contributed by atoms with van der Waals surface area (Å²) >= 11 is 0. The molecule has 17 heavy (non-hydrogen) atoms. The van der Waals surface area contributed by atoms with Gasteiger partial charge in [-0.25, -0.2) is 4.79 Å². The fourth-order valence-electron chi connectivity index (χ4n) is 1.60. The highest BCUT2D eigenvalue weighted by Gasteiger charge is 2.20. The zero-order chi connectivity index (χ0) is 12.1. The Morgan fingerprint density at radius 3 is 3.06 bits per heavy atom. The highest BCUT2D eigenvalue weighted by molar-refractivity contribution is 5.91. The van der Waals surface area contributed by atoms with Gasteiger partial charge < -0.3 is 19.4 Å². The first kappa shape index (κ1) is 11.5. The Bertz CT molecular complexity index is 388. The van der Waals surface area contributed by atoms with Crippen LogP contribution in [0.25, 0.3) is 0 Å². The molecule has 1 aliphatic rings. The lowest BCUT2D eigenvalue weighted by atomic mass is 10.3. The number of ether oxygens (including phenoxy) is 1. The van der Waals surface area contributed by atoms with E-state index >= 15 is 0 Å². The first-order valence-electron chi connectivity index (χ1n) is 5.51. The number of amides is 2. The van der Waals surface area contributed by atoms with E-state index in [1.807, 2.05) is 0 Å². The van der Waals surface area contributed by atoms with Crippen LogP contribution < -0.4 is 5.32 Å². The van der Waals surface area contributed by atoms with Gasteiger partial charge >= 0.3 is 6.09 Å². The van der Waals surface area contributed by atoms with Gasteiger partial charge in [0.1, 0.15) is 6.61 Å². The SMILES string of the molecule is O=C(NCCCN1CCOC1=O)c1ccco1. The van der Waals surface area contributed by atoms with Crippen LogP contribution in [-0.2, 0) is 4.74 Å². The maximum absolute atomic E-state index is 11.5. The van der Waals surface area contributed by atoms with Gasteiger partial charge in [0.2, 0.25) is 0 Å². The van der Waals surface area contributed by atoms with Gasteiger partial charge in [-0.1, -0.05) is 0 Å². The van der Waals surface area contributed by atoms with Gasteiger partial charge in [-0.05, 0) is 18.6 Å². The lowest BCUT2D eigenvalue weighted by Crippen LogP contribution is -2.30. The molecule has 1 aromatic heterocycles. The zero-order valence-corrected chi connectivity index (χ0v) is 9.35. The summed E-state index contributed by atoms with van der Waals surface area (Å²) in [6.07, 6.45) is 1.87. The molecular weight excluding hydrogens is 224 g/mol. The van der Waals surface area contributed by atoms with Gasteiger partial charge in [0.05, 0.1) is 12.8 Å². The van der Waals surface area contributed by atoms with Crippen LogP contribution in [0.4, 0.5) is 4.79 Å². The van der Waals surface area contributed by atoms with Crippen LogP contribution in [0.2, 0.25) is 0 Å².